The Morgan fingerprint density at radius 3 is 2.32 bits per heavy atom. The lowest BCUT2D eigenvalue weighted by molar-refractivity contribution is 0.258. The van der Waals surface area contributed by atoms with Crippen molar-refractivity contribution in [2.75, 3.05) is 0 Å². The number of nitrogens with one attached hydrogen (secondary N) is 1. The Morgan fingerprint density at radius 1 is 1.18 bits per heavy atom. The lowest BCUT2D eigenvalue weighted by atomic mass is 9.80. The highest BCUT2D eigenvalue weighted by Crippen LogP contribution is 2.30. The first-order chi connectivity index (χ1) is 10.4. The summed E-state index contributed by atoms with van der Waals surface area (Å²) in [7, 11) is -3.48. The zero-order valence-electron chi connectivity index (χ0n) is 13.6. The normalized spacial score (nSPS) is 19.5. The van der Waals surface area contributed by atoms with Gasteiger partial charge in [0.05, 0.1) is 4.90 Å². The van der Waals surface area contributed by atoms with Gasteiger partial charge in [-0.3, -0.25) is 0 Å². The molecule has 2 atom stereocenters. The van der Waals surface area contributed by atoms with Crippen molar-refractivity contribution in [3.63, 3.8) is 0 Å². The first-order valence-corrected chi connectivity index (χ1v) is 9.64. The molecule has 122 valence electrons. The predicted octanol–water partition coefficient (Wildman–Crippen LogP) is 4.04. The Balaban J connectivity index is 2.21. The van der Waals surface area contributed by atoms with E-state index in [1.54, 1.807) is 12.1 Å². The van der Waals surface area contributed by atoms with Crippen LogP contribution < -0.4 is 4.72 Å². The van der Waals surface area contributed by atoms with Gasteiger partial charge in [-0.25, -0.2) is 13.1 Å². The predicted molar refractivity (Wildman–Crippen MR) is 91.2 cm³/mol. The Morgan fingerprint density at radius 2 is 1.77 bits per heavy atom. The van der Waals surface area contributed by atoms with Crippen molar-refractivity contribution in [3.05, 3.63) is 42.5 Å². The number of hydrogen-bond donors (Lipinski definition) is 1. The molecule has 0 aliphatic heterocycles. The van der Waals surface area contributed by atoms with Crippen LogP contribution in [0, 0.1) is 18.8 Å². The molecule has 22 heavy (non-hydrogen) atoms. The van der Waals surface area contributed by atoms with Crippen molar-refractivity contribution in [1.82, 2.24) is 4.72 Å². The zero-order chi connectivity index (χ0) is 16.2. The summed E-state index contributed by atoms with van der Waals surface area (Å²) in [6, 6.07) is 6.95. The van der Waals surface area contributed by atoms with E-state index in [2.05, 4.69) is 11.3 Å². The second-order valence-electron chi connectivity index (χ2n) is 6.45. The van der Waals surface area contributed by atoms with Crippen LogP contribution in [0.1, 0.15) is 44.6 Å². The quantitative estimate of drug-likeness (QED) is 0.804. The number of benzene rings is 1. The molecule has 1 N–H and O–H groups in total. The zero-order valence-corrected chi connectivity index (χ0v) is 14.4. The largest absolute Gasteiger partial charge is 0.240 e. The van der Waals surface area contributed by atoms with Gasteiger partial charge in [0.25, 0.3) is 0 Å². The summed E-state index contributed by atoms with van der Waals surface area (Å²) in [5, 5.41) is 0. The molecule has 1 aliphatic rings. The van der Waals surface area contributed by atoms with Crippen LogP contribution in [0.15, 0.2) is 41.8 Å². The molecule has 0 amide bonds. The van der Waals surface area contributed by atoms with Crippen LogP contribution in [0.25, 0.3) is 0 Å². The van der Waals surface area contributed by atoms with Gasteiger partial charge in [0.1, 0.15) is 0 Å². The molecular weight excluding hydrogens is 294 g/mol. The summed E-state index contributed by atoms with van der Waals surface area (Å²) in [5.74, 6) is 0.533. The van der Waals surface area contributed by atoms with Crippen molar-refractivity contribution in [2.24, 2.45) is 11.8 Å². The van der Waals surface area contributed by atoms with E-state index < -0.39 is 10.0 Å². The van der Waals surface area contributed by atoms with E-state index in [1.165, 1.54) is 19.3 Å². The Labute approximate surface area is 134 Å². The molecule has 0 radical (unpaired) electrons. The van der Waals surface area contributed by atoms with Crippen LogP contribution in [0.3, 0.4) is 0 Å². The summed E-state index contributed by atoms with van der Waals surface area (Å²) < 4.78 is 28.3. The molecule has 1 fully saturated rings. The van der Waals surface area contributed by atoms with Gasteiger partial charge in [-0.15, -0.1) is 6.58 Å². The fraction of sp³-hybridized carbons (Fsp3) is 0.556. The van der Waals surface area contributed by atoms with Crippen LogP contribution in [-0.4, -0.2) is 14.5 Å². The highest BCUT2D eigenvalue weighted by molar-refractivity contribution is 7.89. The maximum atomic E-state index is 12.7. The molecule has 0 unspecified atom stereocenters. The van der Waals surface area contributed by atoms with Gasteiger partial charge >= 0.3 is 0 Å². The van der Waals surface area contributed by atoms with Crippen LogP contribution in [-0.2, 0) is 10.0 Å². The van der Waals surface area contributed by atoms with Gasteiger partial charge in [0.15, 0.2) is 0 Å². The van der Waals surface area contributed by atoms with Crippen LogP contribution in [0.2, 0.25) is 0 Å². The molecule has 0 aromatic heterocycles. The monoisotopic (exact) mass is 321 g/mol. The van der Waals surface area contributed by atoms with Crippen molar-refractivity contribution >= 4 is 10.0 Å². The van der Waals surface area contributed by atoms with Gasteiger partial charge in [-0.1, -0.05) is 50.0 Å². The summed E-state index contributed by atoms with van der Waals surface area (Å²) in [4.78, 5) is 0.343. The minimum atomic E-state index is -3.48. The van der Waals surface area contributed by atoms with Gasteiger partial charge in [0.2, 0.25) is 10.0 Å². The van der Waals surface area contributed by atoms with Crippen molar-refractivity contribution in [3.8, 4) is 0 Å². The molecule has 1 aromatic rings. The molecule has 0 heterocycles. The molecule has 1 aliphatic carbocycles. The third-order valence-corrected chi connectivity index (χ3v) is 6.19. The van der Waals surface area contributed by atoms with Gasteiger partial charge in [0, 0.05) is 6.04 Å². The molecule has 4 heteroatoms. The van der Waals surface area contributed by atoms with Crippen molar-refractivity contribution in [2.45, 2.75) is 56.9 Å². The summed E-state index contributed by atoms with van der Waals surface area (Å²) >= 11 is 0. The van der Waals surface area contributed by atoms with E-state index in [-0.39, 0.29) is 12.0 Å². The van der Waals surface area contributed by atoms with Crippen LogP contribution in [0.4, 0.5) is 0 Å². The topological polar surface area (TPSA) is 46.2 Å². The third-order valence-electron chi connectivity index (χ3n) is 4.72. The molecular formula is C18H27NO2S. The average Bonchev–Trinajstić information content (AvgIpc) is 2.53. The van der Waals surface area contributed by atoms with E-state index in [0.29, 0.717) is 10.8 Å². The number of rotatable bonds is 6. The maximum absolute atomic E-state index is 12.7. The van der Waals surface area contributed by atoms with Gasteiger partial charge < -0.3 is 0 Å². The molecule has 2 rings (SSSR count). The van der Waals surface area contributed by atoms with Crippen LogP contribution in [0.5, 0.6) is 0 Å². The number of hydrogen-bond acceptors (Lipinski definition) is 2. The fourth-order valence-corrected chi connectivity index (χ4v) is 4.63. The highest BCUT2D eigenvalue weighted by Gasteiger charge is 2.31. The van der Waals surface area contributed by atoms with E-state index >= 15 is 0 Å². The lowest BCUT2D eigenvalue weighted by Crippen LogP contribution is -2.44. The Kier molecular flexibility index (Phi) is 5.81. The Hall–Kier alpha value is -1.13. The fourth-order valence-electron chi connectivity index (χ4n) is 3.24. The number of sulfonamides is 1. The molecule has 0 bridgehead atoms. The van der Waals surface area contributed by atoms with Crippen LogP contribution >= 0.6 is 0 Å². The van der Waals surface area contributed by atoms with E-state index in [1.807, 2.05) is 32.1 Å². The molecule has 0 spiro atoms. The van der Waals surface area contributed by atoms with Gasteiger partial charge in [-0.2, -0.15) is 0 Å². The first-order valence-electron chi connectivity index (χ1n) is 8.15. The maximum Gasteiger partial charge on any atom is 0.240 e. The van der Waals surface area contributed by atoms with Crippen molar-refractivity contribution < 1.29 is 8.42 Å². The van der Waals surface area contributed by atoms with Gasteiger partial charge in [-0.05, 0) is 43.7 Å². The van der Waals surface area contributed by atoms with E-state index in [0.717, 1.165) is 18.4 Å². The lowest BCUT2D eigenvalue weighted by Gasteiger charge is -2.33. The minimum absolute atomic E-state index is 0.0656. The summed E-state index contributed by atoms with van der Waals surface area (Å²) in [5.41, 5.74) is 1.06. The third kappa shape index (κ3) is 4.20. The first kappa shape index (κ1) is 17.2. The Bertz CT molecular complexity index is 586. The standard InChI is InChI=1S/C18H27NO2S/c1-4-15(3)18(16-8-6-5-7-9-16)19-22(20,21)17-12-10-14(2)11-13-17/h4,10-13,15-16,18-19H,1,5-9H2,2-3H3/t15-,18-/m1/s1. The van der Waals surface area contributed by atoms with E-state index in [9.17, 15) is 8.42 Å². The van der Waals surface area contributed by atoms with E-state index in [4.69, 9.17) is 0 Å². The molecule has 1 aromatic carbocycles. The number of aryl methyl sites for hydroxylation is 1. The minimum Gasteiger partial charge on any atom is -0.207 e. The molecule has 3 nitrogen and oxygen atoms in total. The SMILES string of the molecule is C=C[C@@H](C)[C@@H](NS(=O)(=O)c1ccc(C)cc1)C1CCCCC1. The molecule has 0 saturated heterocycles. The second kappa shape index (κ2) is 7.42. The summed E-state index contributed by atoms with van der Waals surface area (Å²) in [6.07, 6.45) is 7.69. The summed E-state index contributed by atoms with van der Waals surface area (Å²) in [6.45, 7) is 7.85. The highest BCUT2D eigenvalue weighted by atomic mass is 32.2. The average molecular weight is 321 g/mol. The van der Waals surface area contributed by atoms with Crippen molar-refractivity contribution in [1.29, 1.82) is 0 Å². The smallest absolute Gasteiger partial charge is 0.207 e. The molecule has 1 saturated carbocycles. The second-order valence-corrected chi connectivity index (χ2v) is 8.17.